The van der Waals surface area contributed by atoms with E-state index in [2.05, 4.69) is 84.0 Å². The number of Topliss-reactive ketones (excluding diaryl/α,β-unsaturated/α-hetero) is 2. The molecule has 2 heterocycles. The molecule has 3 unspecified atom stereocenters. The molecule has 2 aliphatic heterocycles. The summed E-state index contributed by atoms with van der Waals surface area (Å²) in [5.74, 6) is -0.344. The van der Waals surface area contributed by atoms with Gasteiger partial charge in [0.05, 0.1) is 32.0 Å². The van der Waals surface area contributed by atoms with Gasteiger partial charge in [0.25, 0.3) is 0 Å². The van der Waals surface area contributed by atoms with Crippen LogP contribution in [-0.2, 0) is 27.1 Å². The lowest BCUT2D eigenvalue weighted by atomic mass is 9.55. The van der Waals surface area contributed by atoms with Gasteiger partial charge in [-0.2, -0.15) is 0 Å². The molecular formula is C48H61N3O5S. The Morgan fingerprint density at radius 1 is 0.772 bits per heavy atom. The molecule has 3 aromatic rings. The first kappa shape index (κ1) is 42.8. The fourth-order valence-electron chi connectivity index (χ4n) is 9.34. The smallest absolute Gasteiger partial charge is 0.194 e. The molecular weight excluding hydrogens is 731 g/mol. The van der Waals surface area contributed by atoms with Crippen molar-refractivity contribution in [2.45, 2.75) is 76.5 Å². The molecule has 0 radical (unpaired) electrons. The van der Waals surface area contributed by atoms with E-state index in [4.69, 9.17) is 21.7 Å². The SMILES string of the molecule is CC1=CC=C(C(CC(=O)C(Cc2ccccc2)(Cc2ccc(N3CCOCC3)cc2)N(C)C)(CC(C)(O)C(=O)c2ccccc2)C(C)(C)N2CCOCC2)C(=S)C1. The lowest BCUT2D eigenvalue weighted by molar-refractivity contribution is -0.137. The average molecular weight is 792 g/mol. The molecule has 2 fully saturated rings. The van der Waals surface area contributed by atoms with Gasteiger partial charge in [-0.15, -0.1) is 0 Å². The second-order valence-corrected chi connectivity index (χ2v) is 17.7. The van der Waals surface area contributed by atoms with E-state index in [0.29, 0.717) is 64.3 Å². The van der Waals surface area contributed by atoms with Gasteiger partial charge >= 0.3 is 0 Å². The lowest BCUT2D eigenvalue weighted by Crippen LogP contribution is -2.65. The van der Waals surface area contributed by atoms with E-state index in [0.717, 1.165) is 45.9 Å². The molecule has 9 heteroatoms. The molecule has 6 rings (SSSR count). The molecule has 3 atom stereocenters. The molecule has 57 heavy (non-hydrogen) atoms. The van der Waals surface area contributed by atoms with Crippen LogP contribution in [0.4, 0.5) is 5.69 Å². The van der Waals surface area contributed by atoms with Crippen molar-refractivity contribution in [1.29, 1.82) is 0 Å². The van der Waals surface area contributed by atoms with Gasteiger partial charge in [-0.3, -0.25) is 19.4 Å². The summed E-state index contributed by atoms with van der Waals surface area (Å²) in [6.45, 7) is 13.5. The van der Waals surface area contributed by atoms with Crippen LogP contribution in [0.15, 0.2) is 108 Å². The quantitative estimate of drug-likeness (QED) is 0.119. The fraction of sp³-hybridized carbons (Fsp3) is 0.479. The normalized spacial score (nSPS) is 20.2. The number of hydrogen-bond donors (Lipinski definition) is 1. The number of anilines is 1. The summed E-state index contributed by atoms with van der Waals surface area (Å²) in [5.41, 5.74) is 0.970. The van der Waals surface area contributed by atoms with Crippen LogP contribution in [0.3, 0.4) is 0 Å². The number of nitrogens with zero attached hydrogens (tertiary/aromatic N) is 3. The maximum atomic E-state index is 16.2. The molecule has 8 nitrogen and oxygen atoms in total. The van der Waals surface area contributed by atoms with Crippen molar-refractivity contribution in [2.75, 3.05) is 71.6 Å². The van der Waals surface area contributed by atoms with Gasteiger partial charge < -0.3 is 19.5 Å². The van der Waals surface area contributed by atoms with Crippen LogP contribution >= 0.6 is 12.2 Å². The van der Waals surface area contributed by atoms with E-state index >= 15 is 4.79 Å². The maximum absolute atomic E-state index is 16.2. The summed E-state index contributed by atoms with van der Waals surface area (Å²) in [4.78, 5) is 38.1. The molecule has 3 aromatic carbocycles. The third kappa shape index (κ3) is 9.25. The minimum atomic E-state index is -1.84. The topological polar surface area (TPSA) is 82.6 Å². The Bertz CT molecular complexity index is 1930. The van der Waals surface area contributed by atoms with Crippen LogP contribution in [-0.4, -0.2) is 115 Å². The monoisotopic (exact) mass is 791 g/mol. The fourth-order valence-corrected chi connectivity index (χ4v) is 9.83. The number of likely N-dealkylation sites (N-methyl/N-ethyl adjacent to an activating group) is 1. The van der Waals surface area contributed by atoms with Crippen LogP contribution in [0.1, 0.15) is 68.4 Å². The van der Waals surface area contributed by atoms with Crippen LogP contribution in [0.25, 0.3) is 0 Å². The van der Waals surface area contributed by atoms with Crippen molar-refractivity contribution in [3.05, 3.63) is 125 Å². The molecule has 0 saturated carbocycles. The minimum Gasteiger partial charge on any atom is -0.382 e. The van der Waals surface area contributed by atoms with E-state index in [1.165, 1.54) is 0 Å². The number of rotatable bonds is 16. The maximum Gasteiger partial charge on any atom is 0.194 e. The predicted molar refractivity (Wildman–Crippen MR) is 233 cm³/mol. The number of thiocarbonyl (C=S) groups is 1. The Kier molecular flexibility index (Phi) is 13.5. The van der Waals surface area contributed by atoms with Crippen molar-refractivity contribution >= 4 is 34.3 Å². The molecule has 0 bridgehead atoms. The first-order chi connectivity index (χ1) is 27.2. The number of benzene rings is 3. The number of carbonyl (C=O) groups excluding carboxylic acids is 2. The summed E-state index contributed by atoms with van der Waals surface area (Å²) in [7, 11) is 4.01. The van der Waals surface area contributed by atoms with Gasteiger partial charge in [-0.1, -0.05) is 103 Å². The summed E-state index contributed by atoms with van der Waals surface area (Å²) >= 11 is 6.29. The van der Waals surface area contributed by atoms with E-state index < -0.39 is 22.1 Å². The number of aliphatic hydroxyl groups is 1. The van der Waals surface area contributed by atoms with Gasteiger partial charge in [-0.05, 0) is 89.9 Å². The second-order valence-electron chi connectivity index (χ2n) is 17.2. The van der Waals surface area contributed by atoms with Gasteiger partial charge in [-0.25, -0.2) is 0 Å². The minimum absolute atomic E-state index is 0.00816. The molecule has 0 spiro atoms. The highest BCUT2D eigenvalue weighted by atomic mass is 32.1. The van der Waals surface area contributed by atoms with Crippen molar-refractivity contribution in [3.8, 4) is 0 Å². The number of ether oxygens (including phenoxy) is 2. The number of morpholine rings is 2. The van der Waals surface area contributed by atoms with Crippen molar-refractivity contribution in [3.63, 3.8) is 0 Å². The predicted octanol–water partition coefficient (Wildman–Crippen LogP) is 7.34. The van der Waals surface area contributed by atoms with Gasteiger partial charge in [0.15, 0.2) is 11.6 Å². The summed E-state index contributed by atoms with van der Waals surface area (Å²) in [6.07, 6.45) is 5.71. The molecule has 0 aromatic heterocycles. The molecule has 0 amide bonds. The highest BCUT2D eigenvalue weighted by Gasteiger charge is 2.58. The highest BCUT2D eigenvalue weighted by molar-refractivity contribution is 7.80. The molecule has 304 valence electrons. The van der Waals surface area contributed by atoms with Gasteiger partial charge in [0, 0.05) is 66.1 Å². The first-order valence-corrected chi connectivity index (χ1v) is 20.8. The van der Waals surface area contributed by atoms with Gasteiger partial charge in [0.1, 0.15) is 5.60 Å². The molecule has 1 N–H and O–H groups in total. The summed E-state index contributed by atoms with van der Waals surface area (Å²) in [6, 6.07) is 27.8. The molecule has 3 aliphatic rings. The first-order valence-electron chi connectivity index (χ1n) is 20.4. The van der Waals surface area contributed by atoms with E-state index in [1.807, 2.05) is 50.5 Å². The number of hydrogen-bond acceptors (Lipinski definition) is 9. The Balaban J connectivity index is 1.52. The average Bonchev–Trinajstić information content (AvgIpc) is 3.21. The largest absolute Gasteiger partial charge is 0.382 e. The van der Waals surface area contributed by atoms with Crippen molar-refractivity contribution in [1.82, 2.24) is 9.80 Å². The highest BCUT2D eigenvalue weighted by Crippen LogP contribution is 2.54. The lowest BCUT2D eigenvalue weighted by Gasteiger charge is -2.57. The zero-order chi connectivity index (χ0) is 40.8. The van der Waals surface area contributed by atoms with Crippen LogP contribution < -0.4 is 4.90 Å². The summed E-state index contributed by atoms with van der Waals surface area (Å²) < 4.78 is 11.5. The Morgan fingerprint density at radius 3 is 1.88 bits per heavy atom. The number of carbonyl (C=O) groups is 2. The molecule has 1 aliphatic carbocycles. The Hall–Kier alpha value is -3.83. The zero-order valence-corrected chi connectivity index (χ0v) is 35.6. The van der Waals surface area contributed by atoms with Crippen molar-refractivity contribution in [2.24, 2.45) is 5.41 Å². The van der Waals surface area contributed by atoms with Crippen LogP contribution in [0, 0.1) is 5.41 Å². The van der Waals surface area contributed by atoms with E-state index in [1.54, 1.807) is 19.1 Å². The third-order valence-electron chi connectivity index (χ3n) is 12.9. The second kappa shape index (κ2) is 18.0. The van der Waals surface area contributed by atoms with E-state index in [9.17, 15) is 9.90 Å². The van der Waals surface area contributed by atoms with Gasteiger partial charge in [0.2, 0.25) is 0 Å². The number of allylic oxidation sites excluding steroid dienone is 3. The van der Waals surface area contributed by atoms with Crippen LogP contribution in [0.2, 0.25) is 0 Å². The molecule has 2 saturated heterocycles. The Morgan fingerprint density at radius 2 is 1.32 bits per heavy atom. The number of ketones is 2. The van der Waals surface area contributed by atoms with E-state index in [-0.39, 0.29) is 24.4 Å². The zero-order valence-electron chi connectivity index (χ0n) is 34.8. The standard InChI is InChI=1S/C48H61N3O5S/c1-36-17-22-41(42(57)31-36)47(45(2,3)51-25-29-56-30-26-51,35-46(4,54)44(53)39-15-11-8-12-16-39)34-43(52)48(49(5)6,32-37-13-9-7-10-14-37)33-38-18-20-40(21-19-38)50-23-27-55-28-24-50/h7-22,54H,23-35H2,1-6H3. The summed E-state index contributed by atoms with van der Waals surface area (Å²) in [5, 5.41) is 12.6. The Labute approximate surface area is 345 Å². The van der Waals surface area contributed by atoms with Crippen LogP contribution in [0.5, 0.6) is 0 Å². The third-order valence-corrected chi connectivity index (χ3v) is 13.3. The van der Waals surface area contributed by atoms with Crippen molar-refractivity contribution < 1.29 is 24.2 Å².